The van der Waals surface area contributed by atoms with Crippen LogP contribution in [0.25, 0.3) is 11.1 Å². The average molecular weight is 431 g/mol. The number of benzene rings is 2. The number of fused-ring (bicyclic) bond motifs is 1. The van der Waals surface area contributed by atoms with Crippen molar-refractivity contribution in [1.82, 2.24) is 14.7 Å². The second-order valence-electron chi connectivity index (χ2n) is 8.63. The Morgan fingerprint density at radius 1 is 0.938 bits per heavy atom. The molecule has 3 aromatic rings. The Balaban J connectivity index is 1.12. The number of hydrogen-bond acceptors (Lipinski definition) is 4. The molecule has 1 saturated carbocycles. The molecule has 2 aromatic carbocycles. The molecule has 0 unspecified atom stereocenters. The number of likely N-dealkylation sites (tertiary alicyclic amines) is 1. The molecule has 1 N–H and O–H groups in total. The van der Waals surface area contributed by atoms with E-state index in [2.05, 4.69) is 41.5 Å². The molecular weight excluding hydrogens is 406 g/mol. The molecule has 1 aromatic heterocycles. The lowest BCUT2D eigenvalue weighted by Crippen LogP contribution is -2.34. The smallest absolute Gasteiger partial charge is 0.356 e. The quantitative estimate of drug-likeness (QED) is 0.656. The summed E-state index contributed by atoms with van der Waals surface area (Å²) in [6, 6.07) is 19.9. The Labute approximate surface area is 186 Å². The summed E-state index contributed by atoms with van der Waals surface area (Å²) in [6.07, 6.45) is 3.50. The van der Waals surface area contributed by atoms with Gasteiger partial charge in [0, 0.05) is 19.3 Å². The molecule has 2 heterocycles. The van der Waals surface area contributed by atoms with Crippen LogP contribution in [-0.4, -0.2) is 51.0 Å². The van der Waals surface area contributed by atoms with Crippen LogP contribution < -0.4 is 0 Å². The summed E-state index contributed by atoms with van der Waals surface area (Å²) >= 11 is 0. The number of aromatic carboxylic acids is 1. The Morgan fingerprint density at radius 3 is 2.22 bits per heavy atom. The fourth-order valence-corrected chi connectivity index (χ4v) is 4.86. The minimum atomic E-state index is -1.13. The second kappa shape index (κ2) is 8.59. The van der Waals surface area contributed by atoms with E-state index in [4.69, 9.17) is 9.84 Å². The lowest BCUT2D eigenvalue weighted by Gasteiger charge is -2.19. The first-order chi connectivity index (χ1) is 15.6. The molecule has 1 aliphatic heterocycles. The monoisotopic (exact) mass is 431 g/mol. The maximum atomic E-state index is 12.6. The Hall–Kier alpha value is -3.45. The van der Waals surface area contributed by atoms with Gasteiger partial charge in [0.05, 0.1) is 12.7 Å². The standard InChI is InChI=1S/C25H25N3O4/c29-24(30)23-10-11-28(26-23)25(31)27-14-20-12-22(13-21(20)15-27)32-16-17-6-8-19(9-7-17)18-4-2-1-3-5-18/h1-11,20-22H,12-16H2,(H,29,30)/t20-,21+,22-. The highest BCUT2D eigenvalue weighted by atomic mass is 16.5. The number of carbonyl (C=O) groups is 2. The van der Waals surface area contributed by atoms with Crippen molar-refractivity contribution in [3.63, 3.8) is 0 Å². The van der Waals surface area contributed by atoms with Crippen LogP contribution in [0.2, 0.25) is 0 Å². The lowest BCUT2D eigenvalue weighted by molar-refractivity contribution is 0.0383. The van der Waals surface area contributed by atoms with E-state index >= 15 is 0 Å². The minimum Gasteiger partial charge on any atom is -0.476 e. The predicted octanol–water partition coefficient (Wildman–Crippen LogP) is 4.14. The molecular formula is C25H25N3O4. The number of aromatic nitrogens is 2. The number of hydrogen-bond donors (Lipinski definition) is 1. The van der Waals surface area contributed by atoms with Gasteiger partial charge in [-0.15, -0.1) is 0 Å². The first-order valence-corrected chi connectivity index (χ1v) is 10.9. The van der Waals surface area contributed by atoms with Crippen molar-refractivity contribution in [3.8, 4) is 11.1 Å². The molecule has 1 saturated heterocycles. The van der Waals surface area contributed by atoms with E-state index < -0.39 is 5.97 Å². The Morgan fingerprint density at radius 2 is 1.59 bits per heavy atom. The van der Waals surface area contributed by atoms with Gasteiger partial charge in [0.1, 0.15) is 0 Å². The average Bonchev–Trinajstić information content (AvgIpc) is 3.53. The van der Waals surface area contributed by atoms with Crippen molar-refractivity contribution in [3.05, 3.63) is 78.1 Å². The highest BCUT2D eigenvalue weighted by Crippen LogP contribution is 2.40. The van der Waals surface area contributed by atoms with E-state index in [-0.39, 0.29) is 17.8 Å². The van der Waals surface area contributed by atoms with Crippen LogP contribution in [0.1, 0.15) is 28.9 Å². The summed E-state index contributed by atoms with van der Waals surface area (Å²) in [4.78, 5) is 25.4. The fraction of sp³-hybridized carbons (Fsp3) is 0.320. The number of carbonyl (C=O) groups excluding carboxylic acids is 1. The highest BCUT2D eigenvalue weighted by molar-refractivity contribution is 5.86. The van der Waals surface area contributed by atoms with Gasteiger partial charge in [-0.2, -0.15) is 9.78 Å². The maximum Gasteiger partial charge on any atom is 0.356 e. The zero-order valence-corrected chi connectivity index (χ0v) is 17.6. The van der Waals surface area contributed by atoms with Gasteiger partial charge in [-0.05, 0) is 47.4 Å². The van der Waals surface area contributed by atoms with Crippen LogP contribution in [-0.2, 0) is 11.3 Å². The molecule has 1 aliphatic carbocycles. The van der Waals surface area contributed by atoms with E-state index in [1.807, 2.05) is 18.2 Å². The SMILES string of the molecule is O=C(O)c1ccn(C(=O)N2C[C@H]3C[C@@H](OCc4ccc(-c5ccccc5)cc4)C[C@H]3C2)n1. The van der Waals surface area contributed by atoms with Gasteiger partial charge in [0.15, 0.2) is 5.69 Å². The van der Waals surface area contributed by atoms with Crippen molar-refractivity contribution in [2.45, 2.75) is 25.6 Å². The topological polar surface area (TPSA) is 84.7 Å². The molecule has 5 rings (SSSR count). The van der Waals surface area contributed by atoms with E-state index in [1.54, 1.807) is 4.90 Å². The zero-order chi connectivity index (χ0) is 22.1. The minimum absolute atomic E-state index is 0.122. The number of nitrogens with zero attached hydrogens (tertiary/aromatic N) is 3. The summed E-state index contributed by atoms with van der Waals surface area (Å²) in [5.74, 6) is -0.303. The first kappa shape index (κ1) is 20.5. The van der Waals surface area contributed by atoms with Crippen molar-refractivity contribution in [1.29, 1.82) is 0 Å². The van der Waals surface area contributed by atoms with E-state index in [0.29, 0.717) is 31.5 Å². The van der Waals surface area contributed by atoms with Crippen LogP contribution in [0.3, 0.4) is 0 Å². The molecule has 7 nitrogen and oxygen atoms in total. The third-order valence-electron chi connectivity index (χ3n) is 6.53. The fourth-order valence-electron chi connectivity index (χ4n) is 4.86. The van der Waals surface area contributed by atoms with Crippen molar-refractivity contribution in [2.24, 2.45) is 11.8 Å². The van der Waals surface area contributed by atoms with Gasteiger partial charge in [0.2, 0.25) is 0 Å². The molecule has 0 bridgehead atoms. The summed E-state index contributed by atoms with van der Waals surface area (Å²) in [5, 5.41) is 12.8. The van der Waals surface area contributed by atoms with Crippen molar-refractivity contribution < 1.29 is 19.4 Å². The van der Waals surface area contributed by atoms with E-state index in [0.717, 1.165) is 23.1 Å². The molecule has 32 heavy (non-hydrogen) atoms. The predicted molar refractivity (Wildman–Crippen MR) is 118 cm³/mol. The third-order valence-corrected chi connectivity index (χ3v) is 6.53. The van der Waals surface area contributed by atoms with Crippen molar-refractivity contribution in [2.75, 3.05) is 13.1 Å². The summed E-state index contributed by atoms with van der Waals surface area (Å²) < 4.78 is 7.32. The van der Waals surface area contributed by atoms with Crippen LogP contribution in [0, 0.1) is 11.8 Å². The van der Waals surface area contributed by atoms with Gasteiger partial charge >= 0.3 is 12.0 Å². The maximum absolute atomic E-state index is 12.6. The van der Waals surface area contributed by atoms with Crippen LogP contribution in [0.5, 0.6) is 0 Å². The van der Waals surface area contributed by atoms with Gasteiger partial charge in [-0.25, -0.2) is 9.59 Å². The molecule has 164 valence electrons. The normalized spacial score (nSPS) is 22.1. The van der Waals surface area contributed by atoms with Gasteiger partial charge in [-0.1, -0.05) is 54.6 Å². The Kier molecular flexibility index (Phi) is 5.49. The number of rotatable bonds is 5. The molecule has 2 aliphatic rings. The number of amides is 1. The molecule has 0 spiro atoms. The number of carboxylic acids is 1. The van der Waals surface area contributed by atoms with Gasteiger partial charge < -0.3 is 14.7 Å². The molecule has 7 heteroatoms. The molecule has 2 fully saturated rings. The lowest BCUT2D eigenvalue weighted by atomic mass is 10.0. The first-order valence-electron chi connectivity index (χ1n) is 10.9. The van der Waals surface area contributed by atoms with Crippen LogP contribution in [0.15, 0.2) is 66.9 Å². The molecule has 0 radical (unpaired) electrons. The third kappa shape index (κ3) is 4.16. The van der Waals surface area contributed by atoms with Crippen LogP contribution in [0.4, 0.5) is 4.79 Å². The van der Waals surface area contributed by atoms with Crippen molar-refractivity contribution >= 4 is 12.0 Å². The number of ether oxygens (including phenoxy) is 1. The van der Waals surface area contributed by atoms with Crippen LogP contribution >= 0.6 is 0 Å². The Bertz CT molecular complexity index is 1100. The largest absolute Gasteiger partial charge is 0.476 e. The summed E-state index contributed by atoms with van der Waals surface area (Å²) in [7, 11) is 0. The molecule has 3 atom stereocenters. The van der Waals surface area contributed by atoms with Gasteiger partial charge in [0.25, 0.3) is 0 Å². The van der Waals surface area contributed by atoms with E-state index in [9.17, 15) is 9.59 Å². The van der Waals surface area contributed by atoms with E-state index in [1.165, 1.54) is 23.4 Å². The summed E-state index contributed by atoms with van der Waals surface area (Å²) in [5.41, 5.74) is 3.44. The number of carboxylic acid groups (broad SMARTS) is 1. The second-order valence-corrected chi connectivity index (χ2v) is 8.63. The summed E-state index contributed by atoms with van der Waals surface area (Å²) in [6.45, 7) is 1.92. The highest BCUT2D eigenvalue weighted by Gasteiger charge is 2.43. The molecule has 1 amide bonds. The van der Waals surface area contributed by atoms with Gasteiger partial charge in [-0.3, -0.25) is 0 Å². The zero-order valence-electron chi connectivity index (χ0n) is 17.6.